The third-order valence-electron chi connectivity index (χ3n) is 3.32. The van der Waals surface area contributed by atoms with Crippen molar-refractivity contribution in [2.45, 2.75) is 25.7 Å². The minimum Gasteiger partial charge on any atom is -0.406 e. The molecule has 0 radical (unpaired) electrons. The Morgan fingerprint density at radius 1 is 0.920 bits per heavy atom. The predicted octanol–water partition coefficient (Wildman–Crippen LogP) is 3.86. The number of Topliss-reactive ketones (excluding diaryl/α,β-unsaturated/α-hetero) is 1. The van der Waals surface area contributed by atoms with E-state index in [4.69, 9.17) is 0 Å². The smallest absolute Gasteiger partial charge is 0.406 e. The van der Waals surface area contributed by atoms with Gasteiger partial charge in [-0.25, -0.2) is 0 Å². The highest BCUT2D eigenvalue weighted by Gasteiger charge is 2.30. The average Bonchev–Trinajstić information content (AvgIpc) is 2.58. The first kappa shape index (κ1) is 18.5. The SMILES string of the molecule is O=C(CCC(=O)c1ccccc1)NCc1ccc(OC(F)(F)F)cc1. The summed E-state index contributed by atoms with van der Waals surface area (Å²) in [5.74, 6) is -0.750. The summed E-state index contributed by atoms with van der Waals surface area (Å²) in [6.45, 7) is 0.157. The zero-order valence-corrected chi connectivity index (χ0v) is 13.2. The Bertz CT molecular complexity index is 713. The summed E-state index contributed by atoms with van der Waals surface area (Å²) in [6.07, 6.45) is -4.60. The van der Waals surface area contributed by atoms with Gasteiger partial charge in [0.15, 0.2) is 5.78 Å². The van der Waals surface area contributed by atoms with Gasteiger partial charge in [0.05, 0.1) is 0 Å². The van der Waals surface area contributed by atoms with E-state index in [2.05, 4.69) is 10.1 Å². The van der Waals surface area contributed by atoms with E-state index in [1.54, 1.807) is 30.3 Å². The molecule has 0 unspecified atom stereocenters. The fourth-order valence-electron chi connectivity index (χ4n) is 2.09. The molecule has 4 nitrogen and oxygen atoms in total. The number of carbonyl (C=O) groups is 2. The first-order chi connectivity index (χ1) is 11.8. The van der Waals surface area contributed by atoms with Crippen LogP contribution in [0.5, 0.6) is 5.75 Å². The van der Waals surface area contributed by atoms with Crippen LogP contribution < -0.4 is 10.1 Å². The molecule has 0 aliphatic rings. The highest BCUT2D eigenvalue weighted by atomic mass is 19.4. The molecule has 0 bridgehead atoms. The second-order valence-corrected chi connectivity index (χ2v) is 5.26. The second kappa shape index (κ2) is 8.32. The molecule has 25 heavy (non-hydrogen) atoms. The number of nitrogens with one attached hydrogen (secondary N) is 1. The Hall–Kier alpha value is -2.83. The van der Waals surface area contributed by atoms with Crippen LogP contribution in [0.1, 0.15) is 28.8 Å². The normalized spacial score (nSPS) is 11.0. The van der Waals surface area contributed by atoms with Crippen LogP contribution in [0.3, 0.4) is 0 Å². The van der Waals surface area contributed by atoms with Crippen LogP contribution >= 0.6 is 0 Å². The molecule has 0 heterocycles. The molecule has 0 aliphatic heterocycles. The second-order valence-electron chi connectivity index (χ2n) is 5.26. The Morgan fingerprint density at radius 2 is 1.56 bits per heavy atom. The first-order valence-electron chi connectivity index (χ1n) is 7.53. The molecule has 0 saturated heterocycles. The monoisotopic (exact) mass is 351 g/mol. The van der Waals surface area contributed by atoms with Gasteiger partial charge in [-0.3, -0.25) is 9.59 Å². The lowest BCUT2D eigenvalue weighted by molar-refractivity contribution is -0.274. The van der Waals surface area contributed by atoms with Crippen LogP contribution in [-0.4, -0.2) is 18.1 Å². The van der Waals surface area contributed by atoms with Crippen LogP contribution in [0.25, 0.3) is 0 Å². The number of rotatable bonds is 7. The van der Waals surface area contributed by atoms with E-state index in [0.29, 0.717) is 11.1 Å². The molecule has 132 valence electrons. The number of carbonyl (C=O) groups excluding carboxylic acids is 2. The van der Waals surface area contributed by atoms with Crippen molar-refractivity contribution < 1.29 is 27.5 Å². The van der Waals surface area contributed by atoms with E-state index in [9.17, 15) is 22.8 Å². The Balaban J connectivity index is 1.75. The molecule has 0 spiro atoms. The number of hydrogen-bond acceptors (Lipinski definition) is 3. The van der Waals surface area contributed by atoms with E-state index in [1.807, 2.05) is 0 Å². The van der Waals surface area contributed by atoms with Crippen molar-refractivity contribution >= 4 is 11.7 Å². The van der Waals surface area contributed by atoms with Crippen LogP contribution in [0.2, 0.25) is 0 Å². The Morgan fingerprint density at radius 3 is 2.16 bits per heavy atom. The molecule has 2 aromatic carbocycles. The van der Waals surface area contributed by atoms with Gasteiger partial charge in [0.25, 0.3) is 0 Å². The summed E-state index contributed by atoms with van der Waals surface area (Å²) in [5.41, 5.74) is 1.17. The van der Waals surface area contributed by atoms with Crippen molar-refractivity contribution in [1.29, 1.82) is 0 Å². The van der Waals surface area contributed by atoms with Gasteiger partial charge < -0.3 is 10.1 Å². The molecule has 0 saturated carbocycles. The molecule has 0 aliphatic carbocycles. The molecular weight excluding hydrogens is 335 g/mol. The molecule has 0 atom stereocenters. The van der Waals surface area contributed by atoms with Gasteiger partial charge in [0.2, 0.25) is 5.91 Å². The summed E-state index contributed by atoms with van der Waals surface area (Å²) in [7, 11) is 0. The largest absolute Gasteiger partial charge is 0.573 e. The summed E-state index contributed by atoms with van der Waals surface area (Å²) in [6, 6.07) is 13.9. The highest BCUT2D eigenvalue weighted by Crippen LogP contribution is 2.22. The number of benzene rings is 2. The zero-order chi connectivity index (χ0) is 18.3. The van der Waals surface area contributed by atoms with E-state index in [0.717, 1.165) is 0 Å². The van der Waals surface area contributed by atoms with E-state index in [-0.39, 0.29) is 36.8 Å². The van der Waals surface area contributed by atoms with Gasteiger partial charge in [-0.2, -0.15) is 0 Å². The molecule has 1 amide bonds. The van der Waals surface area contributed by atoms with Crippen molar-refractivity contribution in [3.63, 3.8) is 0 Å². The molecule has 0 aromatic heterocycles. The van der Waals surface area contributed by atoms with E-state index < -0.39 is 6.36 Å². The Labute approximate surface area is 142 Å². The van der Waals surface area contributed by atoms with Gasteiger partial charge in [0, 0.05) is 24.9 Å². The number of ketones is 1. The number of halogens is 3. The maximum atomic E-state index is 12.1. The van der Waals surface area contributed by atoms with Crippen LogP contribution in [0, 0.1) is 0 Å². The number of alkyl halides is 3. The standard InChI is InChI=1S/C18H16F3NO3/c19-18(20,21)25-15-8-6-13(7-9-15)12-22-17(24)11-10-16(23)14-4-2-1-3-5-14/h1-9H,10-12H2,(H,22,24). The lowest BCUT2D eigenvalue weighted by Gasteiger charge is -2.09. The van der Waals surface area contributed by atoms with Crippen molar-refractivity contribution in [2.24, 2.45) is 0 Å². The number of ether oxygens (including phenoxy) is 1. The van der Waals surface area contributed by atoms with Crippen LogP contribution in [-0.2, 0) is 11.3 Å². The maximum absolute atomic E-state index is 12.1. The van der Waals surface area contributed by atoms with Gasteiger partial charge in [0.1, 0.15) is 5.75 Å². The molecule has 1 N–H and O–H groups in total. The van der Waals surface area contributed by atoms with Gasteiger partial charge in [-0.05, 0) is 17.7 Å². The third-order valence-corrected chi connectivity index (χ3v) is 3.32. The zero-order valence-electron chi connectivity index (χ0n) is 13.2. The Kier molecular flexibility index (Phi) is 6.16. The van der Waals surface area contributed by atoms with Crippen molar-refractivity contribution in [3.8, 4) is 5.75 Å². The fraction of sp³-hybridized carbons (Fsp3) is 0.222. The van der Waals surface area contributed by atoms with Crippen LogP contribution in [0.4, 0.5) is 13.2 Å². The molecule has 2 rings (SSSR count). The average molecular weight is 351 g/mol. The summed E-state index contributed by atoms with van der Waals surface area (Å²) in [4.78, 5) is 23.7. The quantitative estimate of drug-likeness (QED) is 0.771. The minimum absolute atomic E-state index is 0.0446. The van der Waals surface area contributed by atoms with E-state index in [1.165, 1.54) is 24.3 Å². The molecule has 2 aromatic rings. The first-order valence-corrected chi connectivity index (χ1v) is 7.53. The van der Waals surface area contributed by atoms with Crippen molar-refractivity contribution in [2.75, 3.05) is 0 Å². The van der Waals surface area contributed by atoms with Crippen LogP contribution in [0.15, 0.2) is 54.6 Å². The maximum Gasteiger partial charge on any atom is 0.573 e. The van der Waals surface area contributed by atoms with Gasteiger partial charge in [-0.15, -0.1) is 13.2 Å². The minimum atomic E-state index is -4.74. The summed E-state index contributed by atoms with van der Waals surface area (Å²) in [5, 5.41) is 2.62. The number of hydrogen-bond donors (Lipinski definition) is 1. The van der Waals surface area contributed by atoms with Crippen molar-refractivity contribution in [3.05, 3.63) is 65.7 Å². The molecule has 0 fully saturated rings. The topological polar surface area (TPSA) is 55.4 Å². The number of amides is 1. The summed E-state index contributed by atoms with van der Waals surface area (Å²) >= 11 is 0. The van der Waals surface area contributed by atoms with Gasteiger partial charge in [-0.1, -0.05) is 42.5 Å². The lowest BCUT2D eigenvalue weighted by atomic mass is 10.1. The highest BCUT2D eigenvalue weighted by molar-refractivity contribution is 5.97. The predicted molar refractivity (Wildman–Crippen MR) is 85.0 cm³/mol. The van der Waals surface area contributed by atoms with Crippen molar-refractivity contribution in [1.82, 2.24) is 5.32 Å². The third kappa shape index (κ3) is 6.66. The molecular formula is C18H16F3NO3. The van der Waals surface area contributed by atoms with Gasteiger partial charge >= 0.3 is 6.36 Å². The lowest BCUT2D eigenvalue weighted by Crippen LogP contribution is -2.23. The van der Waals surface area contributed by atoms with E-state index >= 15 is 0 Å². The fourth-order valence-corrected chi connectivity index (χ4v) is 2.09. The summed E-state index contributed by atoms with van der Waals surface area (Å²) < 4.78 is 39.9. The molecule has 7 heteroatoms.